The molecule has 33 heavy (non-hydrogen) atoms. The van der Waals surface area contributed by atoms with Crippen LogP contribution in [-0.2, 0) is 11.2 Å². The van der Waals surface area contributed by atoms with E-state index in [1.165, 1.54) is 22.2 Å². The highest BCUT2D eigenvalue weighted by molar-refractivity contribution is 5.73. The van der Waals surface area contributed by atoms with Crippen LogP contribution in [0.4, 0.5) is 5.69 Å². The van der Waals surface area contributed by atoms with Gasteiger partial charge in [0.1, 0.15) is 0 Å². The summed E-state index contributed by atoms with van der Waals surface area (Å²) in [5.74, 6) is 0.636. The number of nitrogens with zero attached hydrogens (tertiary/aromatic N) is 3. The summed E-state index contributed by atoms with van der Waals surface area (Å²) in [4.78, 5) is 23.6. The van der Waals surface area contributed by atoms with Gasteiger partial charge in [0.25, 0.3) is 0 Å². The van der Waals surface area contributed by atoms with Crippen LogP contribution in [0.25, 0.3) is 6.08 Å². The van der Waals surface area contributed by atoms with Gasteiger partial charge < -0.3 is 10.6 Å². The zero-order chi connectivity index (χ0) is 23.0. The van der Waals surface area contributed by atoms with Crippen molar-refractivity contribution in [2.75, 3.05) is 18.8 Å². The second-order valence-corrected chi connectivity index (χ2v) is 9.27. The standard InChI is InChI=1S/C28H36N4O/c1-21(33)32-19-7-11-23(12-8-20-32)28-25-15-6-14-24(31-27(25)17-18-30-28)13-4-2-9-22-10-3-5-16-26(22)29/h3,5,10,14-18,23H,2,4,6-9,11-13,19-20,29H2,1H3. The molecule has 0 bridgehead atoms. The van der Waals surface area contributed by atoms with Gasteiger partial charge in [-0.2, -0.15) is 0 Å². The third-order valence-electron chi connectivity index (χ3n) is 6.91. The molecule has 0 spiro atoms. The quantitative estimate of drug-likeness (QED) is 0.534. The lowest BCUT2D eigenvalue weighted by molar-refractivity contribution is -0.129. The fourth-order valence-electron chi connectivity index (χ4n) is 5.07. The first kappa shape index (κ1) is 23.2. The summed E-state index contributed by atoms with van der Waals surface area (Å²) in [6, 6.07) is 10.2. The van der Waals surface area contributed by atoms with E-state index in [-0.39, 0.29) is 5.91 Å². The molecular formula is C28H36N4O. The number of anilines is 1. The Morgan fingerprint density at radius 2 is 1.82 bits per heavy atom. The number of nitrogen functional groups attached to an aromatic ring is 1. The van der Waals surface area contributed by atoms with Crippen LogP contribution in [0, 0.1) is 0 Å². The van der Waals surface area contributed by atoms with Crippen molar-refractivity contribution in [3.8, 4) is 0 Å². The van der Waals surface area contributed by atoms with Crippen LogP contribution < -0.4 is 16.3 Å². The average Bonchev–Trinajstić information content (AvgIpc) is 2.99. The molecule has 0 aliphatic carbocycles. The maximum Gasteiger partial charge on any atom is 0.219 e. The van der Waals surface area contributed by atoms with Crippen LogP contribution in [-0.4, -0.2) is 28.9 Å². The van der Waals surface area contributed by atoms with Crippen LogP contribution in [0.1, 0.15) is 75.5 Å². The van der Waals surface area contributed by atoms with Crippen LogP contribution in [0.2, 0.25) is 0 Å². The van der Waals surface area contributed by atoms with Gasteiger partial charge in [-0.05, 0) is 75.5 Å². The van der Waals surface area contributed by atoms with Crippen molar-refractivity contribution in [1.29, 1.82) is 0 Å². The van der Waals surface area contributed by atoms with Crippen molar-refractivity contribution >= 4 is 17.7 Å². The van der Waals surface area contributed by atoms with Crippen molar-refractivity contribution in [3.63, 3.8) is 0 Å². The minimum atomic E-state index is 0.193. The molecule has 5 nitrogen and oxygen atoms in total. The summed E-state index contributed by atoms with van der Waals surface area (Å²) >= 11 is 0. The molecule has 174 valence electrons. The number of nitrogens with two attached hydrogens (primary N) is 1. The monoisotopic (exact) mass is 444 g/mol. The Balaban J connectivity index is 1.41. The molecule has 3 heterocycles. The summed E-state index contributed by atoms with van der Waals surface area (Å²) in [5.41, 5.74) is 10.6. The molecule has 2 aromatic rings. The van der Waals surface area contributed by atoms with Gasteiger partial charge in [0.15, 0.2) is 0 Å². The molecule has 0 radical (unpaired) electrons. The van der Waals surface area contributed by atoms with E-state index in [4.69, 9.17) is 15.7 Å². The number of fused-ring (bicyclic) bond motifs is 1. The molecule has 0 atom stereocenters. The lowest BCUT2D eigenvalue weighted by atomic mass is 9.90. The van der Waals surface area contributed by atoms with E-state index >= 15 is 0 Å². The SMILES string of the molecule is CC(=O)N1CCCC(c2nccc3c2=CCC=C(CCCCc2ccccc2N)N=3)CCC1. The fraction of sp³-hybridized carbons (Fsp3) is 0.464. The number of rotatable bonds is 6. The van der Waals surface area contributed by atoms with Gasteiger partial charge in [0, 0.05) is 48.7 Å². The lowest BCUT2D eigenvalue weighted by Gasteiger charge is -2.27. The maximum absolute atomic E-state index is 11.7. The summed E-state index contributed by atoms with van der Waals surface area (Å²) in [6.45, 7) is 3.39. The molecule has 1 amide bonds. The van der Waals surface area contributed by atoms with Crippen molar-refractivity contribution in [1.82, 2.24) is 9.88 Å². The van der Waals surface area contributed by atoms with Gasteiger partial charge in [-0.3, -0.25) is 14.8 Å². The van der Waals surface area contributed by atoms with E-state index < -0.39 is 0 Å². The smallest absolute Gasteiger partial charge is 0.219 e. The molecule has 4 rings (SSSR count). The third-order valence-corrected chi connectivity index (χ3v) is 6.91. The number of para-hydroxylation sites is 1. The molecule has 0 saturated carbocycles. The number of pyridine rings is 1. The Morgan fingerprint density at radius 1 is 1.06 bits per heavy atom. The highest BCUT2D eigenvalue weighted by atomic mass is 16.2. The van der Waals surface area contributed by atoms with Crippen LogP contribution in [0.15, 0.2) is 53.3 Å². The van der Waals surface area contributed by atoms with Crippen LogP contribution >= 0.6 is 0 Å². The van der Waals surface area contributed by atoms with Crippen LogP contribution in [0.3, 0.4) is 0 Å². The molecule has 5 heteroatoms. The van der Waals surface area contributed by atoms with Gasteiger partial charge in [0.2, 0.25) is 5.91 Å². The molecule has 2 aliphatic rings. The van der Waals surface area contributed by atoms with Crippen molar-refractivity contribution in [2.24, 2.45) is 4.99 Å². The Morgan fingerprint density at radius 3 is 2.58 bits per heavy atom. The number of benzene rings is 1. The van der Waals surface area contributed by atoms with E-state index in [9.17, 15) is 4.79 Å². The first-order chi connectivity index (χ1) is 16.1. The van der Waals surface area contributed by atoms with Gasteiger partial charge in [0.05, 0.1) is 11.1 Å². The lowest BCUT2D eigenvalue weighted by Crippen LogP contribution is -2.35. The number of unbranched alkanes of at least 4 members (excludes halogenated alkanes) is 1. The minimum absolute atomic E-state index is 0.193. The number of allylic oxidation sites excluding steroid dienone is 2. The largest absolute Gasteiger partial charge is 0.399 e. The number of amides is 1. The zero-order valence-electron chi connectivity index (χ0n) is 19.8. The summed E-state index contributed by atoms with van der Waals surface area (Å²) in [7, 11) is 0. The molecular weight excluding hydrogens is 408 g/mol. The van der Waals surface area contributed by atoms with E-state index in [0.717, 1.165) is 81.9 Å². The Hall–Kier alpha value is -2.95. The molecule has 1 saturated heterocycles. The Kier molecular flexibility index (Phi) is 7.92. The normalized spacial score (nSPS) is 17.0. The molecule has 2 aliphatic heterocycles. The number of hydrogen-bond acceptors (Lipinski definition) is 4. The summed E-state index contributed by atoms with van der Waals surface area (Å²) in [6.07, 6.45) is 15.8. The predicted octanol–water partition coefficient (Wildman–Crippen LogP) is 4.27. The van der Waals surface area contributed by atoms with Crippen molar-refractivity contribution < 1.29 is 4.79 Å². The number of carbonyl (C=O) groups excluding carboxylic acids is 1. The highest BCUT2D eigenvalue weighted by Crippen LogP contribution is 2.25. The Labute approximate surface area is 197 Å². The number of likely N-dealkylation sites (tertiary alicyclic amines) is 1. The highest BCUT2D eigenvalue weighted by Gasteiger charge is 2.20. The summed E-state index contributed by atoms with van der Waals surface area (Å²) < 4.78 is 0. The number of hydrogen-bond donors (Lipinski definition) is 1. The third kappa shape index (κ3) is 6.10. The second kappa shape index (κ2) is 11.3. The second-order valence-electron chi connectivity index (χ2n) is 9.27. The van der Waals surface area contributed by atoms with Gasteiger partial charge in [-0.15, -0.1) is 0 Å². The number of carbonyl (C=O) groups is 1. The predicted molar refractivity (Wildman–Crippen MR) is 134 cm³/mol. The topological polar surface area (TPSA) is 71.6 Å². The fourth-order valence-corrected chi connectivity index (χ4v) is 5.07. The molecule has 1 fully saturated rings. The van der Waals surface area contributed by atoms with E-state index in [0.29, 0.717) is 5.92 Å². The van der Waals surface area contributed by atoms with Crippen molar-refractivity contribution in [2.45, 2.75) is 70.6 Å². The zero-order valence-corrected chi connectivity index (χ0v) is 19.8. The van der Waals surface area contributed by atoms with Crippen molar-refractivity contribution in [3.05, 3.63) is 70.1 Å². The molecule has 1 aromatic carbocycles. The molecule has 0 unspecified atom stereocenters. The average molecular weight is 445 g/mol. The minimum Gasteiger partial charge on any atom is -0.399 e. The first-order valence-electron chi connectivity index (χ1n) is 12.4. The maximum atomic E-state index is 11.7. The van der Waals surface area contributed by atoms with E-state index in [2.05, 4.69) is 30.4 Å². The van der Waals surface area contributed by atoms with E-state index in [1.807, 2.05) is 23.2 Å². The van der Waals surface area contributed by atoms with Gasteiger partial charge >= 0.3 is 0 Å². The van der Waals surface area contributed by atoms with Crippen LogP contribution in [0.5, 0.6) is 0 Å². The van der Waals surface area contributed by atoms with Gasteiger partial charge in [-0.25, -0.2) is 0 Å². The number of aryl methyl sites for hydroxylation is 1. The summed E-state index contributed by atoms with van der Waals surface area (Å²) in [5, 5.41) is 2.28. The first-order valence-corrected chi connectivity index (χ1v) is 12.4. The van der Waals surface area contributed by atoms with E-state index in [1.54, 1.807) is 6.92 Å². The van der Waals surface area contributed by atoms with Gasteiger partial charge in [-0.1, -0.05) is 30.4 Å². The number of aromatic nitrogens is 1. The molecule has 2 N–H and O–H groups in total. The molecule has 1 aromatic heterocycles. The Bertz CT molecular complexity index is 1110.